The summed E-state index contributed by atoms with van der Waals surface area (Å²) in [6.07, 6.45) is 0.775. The molecule has 0 heterocycles. The highest BCUT2D eigenvalue weighted by molar-refractivity contribution is 5.67. The van der Waals surface area contributed by atoms with Gasteiger partial charge in [0.05, 0.1) is 11.4 Å². The van der Waals surface area contributed by atoms with Crippen LogP contribution in [0.5, 0.6) is 0 Å². The summed E-state index contributed by atoms with van der Waals surface area (Å²) in [7, 11) is 0. The van der Waals surface area contributed by atoms with Gasteiger partial charge in [-0.25, -0.2) is 0 Å². The largest absolute Gasteiger partial charge is 0.399 e. The van der Waals surface area contributed by atoms with Crippen LogP contribution in [0.3, 0.4) is 0 Å². The van der Waals surface area contributed by atoms with Crippen molar-refractivity contribution in [3.05, 3.63) is 53.6 Å². The lowest BCUT2D eigenvalue weighted by Crippen LogP contribution is -2.00. The van der Waals surface area contributed by atoms with Crippen LogP contribution < -0.4 is 17.2 Å². The summed E-state index contributed by atoms with van der Waals surface area (Å²) >= 11 is 0. The van der Waals surface area contributed by atoms with Gasteiger partial charge in [0.1, 0.15) is 0 Å². The van der Waals surface area contributed by atoms with Crippen molar-refractivity contribution in [1.82, 2.24) is 0 Å². The Hall–Kier alpha value is -2.16. The predicted molar refractivity (Wildman–Crippen MR) is 68.9 cm³/mol. The normalized spacial score (nSPS) is 10.2. The molecular weight excluding hydrogens is 198 g/mol. The molecule has 0 aliphatic heterocycles. The van der Waals surface area contributed by atoms with Crippen molar-refractivity contribution < 1.29 is 0 Å². The molecule has 0 saturated carbocycles. The van der Waals surface area contributed by atoms with Crippen molar-refractivity contribution in [2.24, 2.45) is 0 Å². The average Bonchev–Trinajstić information content (AvgIpc) is 2.28. The number of hydrogen-bond acceptors (Lipinski definition) is 3. The van der Waals surface area contributed by atoms with Gasteiger partial charge in [-0.2, -0.15) is 0 Å². The Morgan fingerprint density at radius 1 is 0.812 bits per heavy atom. The number of nitrogen functional groups attached to an aromatic ring is 3. The number of anilines is 3. The fourth-order valence-electron chi connectivity index (χ4n) is 1.64. The molecule has 0 aliphatic rings. The quantitative estimate of drug-likeness (QED) is 0.668. The van der Waals surface area contributed by atoms with Gasteiger partial charge in [-0.15, -0.1) is 0 Å². The lowest BCUT2D eigenvalue weighted by atomic mass is 10.0. The fraction of sp³-hybridized carbons (Fsp3) is 0.0769. The number of rotatable bonds is 2. The van der Waals surface area contributed by atoms with Gasteiger partial charge in [-0.05, 0) is 35.7 Å². The standard InChI is InChI=1S/C13H15N3/c14-11-6-4-9(5-7-11)8-10-2-1-3-12(15)13(10)16/h1-7H,8,14-16H2. The Balaban J connectivity index is 2.27. The molecule has 0 spiro atoms. The minimum absolute atomic E-state index is 0.632. The SMILES string of the molecule is Nc1ccc(Cc2cccc(N)c2N)cc1. The van der Waals surface area contributed by atoms with Crippen molar-refractivity contribution in [2.75, 3.05) is 17.2 Å². The summed E-state index contributed by atoms with van der Waals surface area (Å²) in [5.41, 5.74) is 21.6. The smallest absolute Gasteiger partial charge is 0.0583 e. The Morgan fingerprint density at radius 2 is 1.50 bits per heavy atom. The van der Waals surface area contributed by atoms with E-state index < -0.39 is 0 Å². The van der Waals surface area contributed by atoms with E-state index in [0.717, 1.165) is 17.7 Å². The van der Waals surface area contributed by atoms with Gasteiger partial charge < -0.3 is 17.2 Å². The van der Waals surface area contributed by atoms with E-state index in [-0.39, 0.29) is 0 Å². The molecule has 0 unspecified atom stereocenters. The van der Waals surface area contributed by atoms with E-state index in [1.807, 2.05) is 42.5 Å². The molecule has 3 nitrogen and oxygen atoms in total. The third-order valence-electron chi connectivity index (χ3n) is 2.60. The molecule has 2 aromatic rings. The molecule has 2 aromatic carbocycles. The molecule has 6 N–H and O–H groups in total. The van der Waals surface area contributed by atoms with Crippen LogP contribution in [0.15, 0.2) is 42.5 Å². The van der Waals surface area contributed by atoms with Crippen LogP contribution >= 0.6 is 0 Å². The zero-order valence-corrected chi connectivity index (χ0v) is 8.98. The third-order valence-corrected chi connectivity index (χ3v) is 2.60. The lowest BCUT2D eigenvalue weighted by Gasteiger charge is -2.08. The van der Waals surface area contributed by atoms with Crippen molar-refractivity contribution in [3.8, 4) is 0 Å². The molecule has 3 heteroatoms. The summed E-state index contributed by atoms with van der Waals surface area (Å²) in [5, 5.41) is 0. The summed E-state index contributed by atoms with van der Waals surface area (Å²) in [6, 6.07) is 13.5. The predicted octanol–water partition coefficient (Wildman–Crippen LogP) is 2.02. The molecule has 82 valence electrons. The van der Waals surface area contributed by atoms with Gasteiger partial charge in [0.15, 0.2) is 0 Å². The second kappa shape index (κ2) is 4.14. The minimum atomic E-state index is 0.632. The third kappa shape index (κ3) is 2.08. The van der Waals surface area contributed by atoms with E-state index in [0.29, 0.717) is 11.4 Å². The summed E-state index contributed by atoms with van der Waals surface area (Å²) < 4.78 is 0. The van der Waals surface area contributed by atoms with E-state index >= 15 is 0 Å². The summed E-state index contributed by atoms with van der Waals surface area (Å²) in [4.78, 5) is 0. The first-order chi connectivity index (χ1) is 7.66. The summed E-state index contributed by atoms with van der Waals surface area (Å²) in [6.45, 7) is 0. The highest BCUT2D eigenvalue weighted by Gasteiger charge is 2.03. The van der Waals surface area contributed by atoms with Crippen molar-refractivity contribution >= 4 is 17.1 Å². The van der Waals surface area contributed by atoms with Crippen LogP contribution in [0.2, 0.25) is 0 Å². The fourth-order valence-corrected chi connectivity index (χ4v) is 1.64. The molecule has 0 saturated heterocycles. The van der Waals surface area contributed by atoms with Crippen LogP contribution in [0, 0.1) is 0 Å². The topological polar surface area (TPSA) is 78.1 Å². The number of hydrogen-bond donors (Lipinski definition) is 3. The van der Waals surface area contributed by atoms with E-state index in [9.17, 15) is 0 Å². The van der Waals surface area contributed by atoms with E-state index in [1.165, 1.54) is 5.56 Å². The zero-order chi connectivity index (χ0) is 11.5. The van der Waals surface area contributed by atoms with E-state index in [1.54, 1.807) is 0 Å². The zero-order valence-electron chi connectivity index (χ0n) is 8.98. The van der Waals surface area contributed by atoms with Gasteiger partial charge >= 0.3 is 0 Å². The van der Waals surface area contributed by atoms with Crippen molar-refractivity contribution in [1.29, 1.82) is 0 Å². The first-order valence-corrected chi connectivity index (χ1v) is 5.14. The van der Waals surface area contributed by atoms with Crippen LogP contribution in [0.4, 0.5) is 17.1 Å². The second-order valence-corrected chi connectivity index (χ2v) is 3.84. The van der Waals surface area contributed by atoms with Crippen LogP contribution in [-0.4, -0.2) is 0 Å². The first kappa shape index (κ1) is 10.4. The molecular formula is C13H15N3. The molecule has 16 heavy (non-hydrogen) atoms. The molecule has 0 radical (unpaired) electrons. The maximum absolute atomic E-state index is 5.91. The van der Waals surface area contributed by atoms with E-state index in [4.69, 9.17) is 17.2 Å². The Bertz CT molecular complexity index is 489. The van der Waals surface area contributed by atoms with Crippen LogP contribution in [0.25, 0.3) is 0 Å². The van der Waals surface area contributed by atoms with Crippen molar-refractivity contribution in [2.45, 2.75) is 6.42 Å². The number of benzene rings is 2. The van der Waals surface area contributed by atoms with Gasteiger partial charge in [0, 0.05) is 5.69 Å². The maximum atomic E-state index is 5.91. The molecule has 0 bridgehead atoms. The van der Waals surface area contributed by atoms with Gasteiger partial charge in [0.2, 0.25) is 0 Å². The number of nitrogens with two attached hydrogens (primary N) is 3. The highest BCUT2D eigenvalue weighted by Crippen LogP contribution is 2.22. The molecule has 0 amide bonds. The average molecular weight is 213 g/mol. The Kier molecular flexibility index (Phi) is 2.68. The molecule has 0 aliphatic carbocycles. The molecule has 2 rings (SSSR count). The van der Waals surface area contributed by atoms with Gasteiger partial charge in [0.25, 0.3) is 0 Å². The molecule has 0 fully saturated rings. The highest BCUT2D eigenvalue weighted by atomic mass is 14.7. The first-order valence-electron chi connectivity index (χ1n) is 5.14. The summed E-state index contributed by atoms with van der Waals surface area (Å²) in [5.74, 6) is 0. The Morgan fingerprint density at radius 3 is 2.19 bits per heavy atom. The van der Waals surface area contributed by atoms with Crippen LogP contribution in [-0.2, 0) is 6.42 Å². The second-order valence-electron chi connectivity index (χ2n) is 3.84. The lowest BCUT2D eigenvalue weighted by molar-refractivity contribution is 1.20. The molecule has 0 aromatic heterocycles. The molecule has 0 atom stereocenters. The Labute approximate surface area is 94.9 Å². The maximum Gasteiger partial charge on any atom is 0.0583 e. The van der Waals surface area contributed by atoms with Gasteiger partial charge in [-0.3, -0.25) is 0 Å². The van der Waals surface area contributed by atoms with Crippen LogP contribution in [0.1, 0.15) is 11.1 Å². The van der Waals surface area contributed by atoms with E-state index in [2.05, 4.69) is 0 Å². The minimum Gasteiger partial charge on any atom is -0.399 e. The monoisotopic (exact) mass is 213 g/mol. The van der Waals surface area contributed by atoms with Gasteiger partial charge in [-0.1, -0.05) is 24.3 Å². The number of para-hydroxylation sites is 1. The van der Waals surface area contributed by atoms with Crippen molar-refractivity contribution in [3.63, 3.8) is 0 Å².